The summed E-state index contributed by atoms with van der Waals surface area (Å²) in [6.07, 6.45) is -3.84. The third-order valence-electron chi connectivity index (χ3n) is 2.49. The summed E-state index contributed by atoms with van der Waals surface area (Å²) in [4.78, 5) is 0. The Morgan fingerprint density at radius 2 is 2.10 bits per heavy atom. The van der Waals surface area contributed by atoms with Crippen LogP contribution in [0.15, 0.2) is 18.2 Å². The number of ether oxygens (including phenoxy) is 1. The lowest BCUT2D eigenvalue weighted by Gasteiger charge is -2.15. The Bertz CT molecular complexity index is 463. The van der Waals surface area contributed by atoms with Crippen LogP contribution in [-0.2, 0) is 6.18 Å². The third kappa shape index (κ3) is 4.96. The van der Waals surface area contributed by atoms with Gasteiger partial charge in [0, 0.05) is 5.56 Å². The number of alkyl halides is 3. The van der Waals surface area contributed by atoms with Crippen LogP contribution in [0, 0.1) is 5.41 Å². The molecule has 3 N–H and O–H groups in total. The van der Waals surface area contributed by atoms with Crippen molar-refractivity contribution in [3.8, 4) is 5.75 Å². The standard InChI is InChI=1S/C13H17F3N2OS/c1-2-20-7-3-6-19-11-5-4-9(12(17)18)8-10(11)13(14,15)16/h4-5,8H,2-3,6-7H2,1H3,(H3,17,18). The van der Waals surface area contributed by atoms with Crippen molar-refractivity contribution in [1.29, 1.82) is 5.41 Å². The molecule has 0 aromatic heterocycles. The molecule has 0 saturated carbocycles. The molecule has 0 saturated heterocycles. The number of halogens is 3. The van der Waals surface area contributed by atoms with Gasteiger partial charge in [-0.2, -0.15) is 24.9 Å². The highest BCUT2D eigenvalue weighted by Gasteiger charge is 2.34. The first-order valence-corrected chi connectivity index (χ1v) is 7.28. The second-order valence-electron chi connectivity index (χ2n) is 4.02. The van der Waals surface area contributed by atoms with Crippen LogP contribution in [-0.4, -0.2) is 23.9 Å². The number of nitrogens with one attached hydrogen (secondary N) is 1. The van der Waals surface area contributed by atoms with Crippen molar-refractivity contribution >= 4 is 17.6 Å². The molecule has 0 amide bonds. The van der Waals surface area contributed by atoms with Crippen LogP contribution in [0.25, 0.3) is 0 Å². The van der Waals surface area contributed by atoms with E-state index in [4.69, 9.17) is 15.9 Å². The molecule has 0 radical (unpaired) electrons. The molecule has 1 aromatic rings. The van der Waals surface area contributed by atoms with Crippen LogP contribution in [0.1, 0.15) is 24.5 Å². The topological polar surface area (TPSA) is 59.1 Å². The van der Waals surface area contributed by atoms with Gasteiger partial charge in [0.25, 0.3) is 0 Å². The molecular formula is C13H17F3N2OS. The first-order chi connectivity index (χ1) is 9.36. The molecule has 1 aromatic carbocycles. The molecule has 20 heavy (non-hydrogen) atoms. The Balaban J connectivity index is 2.81. The van der Waals surface area contributed by atoms with Crippen molar-refractivity contribution in [3.63, 3.8) is 0 Å². The molecule has 0 unspecified atom stereocenters. The van der Waals surface area contributed by atoms with Crippen molar-refractivity contribution in [2.75, 3.05) is 18.1 Å². The predicted octanol–water partition coefficient (Wildman–Crippen LogP) is 3.51. The molecule has 7 heteroatoms. The number of thioether (sulfide) groups is 1. The summed E-state index contributed by atoms with van der Waals surface area (Å²) in [6.45, 7) is 2.25. The smallest absolute Gasteiger partial charge is 0.419 e. The van der Waals surface area contributed by atoms with Gasteiger partial charge >= 0.3 is 6.18 Å². The van der Waals surface area contributed by atoms with Crippen LogP contribution in [0.4, 0.5) is 13.2 Å². The molecule has 1 rings (SSSR count). The molecular weight excluding hydrogens is 289 g/mol. The lowest BCUT2D eigenvalue weighted by atomic mass is 10.1. The fraction of sp³-hybridized carbons (Fsp3) is 0.462. The van der Waals surface area contributed by atoms with Crippen LogP contribution in [0.3, 0.4) is 0 Å². The minimum absolute atomic E-state index is 0.0335. The Morgan fingerprint density at radius 1 is 1.40 bits per heavy atom. The maximum Gasteiger partial charge on any atom is 0.419 e. The highest BCUT2D eigenvalue weighted by atomic mass is 32.2. The zero-order valence-electron chi connectivity index (χ0n) is 11.1. The fourth-order valence-electron chi connectivity index (χ4n) is 1.53. The highest BCUT2D eigenvalue weighted by molar-refractivity contribution is 7.99. The Hall–Kier alpha value is -1.37. The van der Waals surface area contributed by atoms with E-state index in [0.29, 0.717) is 6.42 Å². The Kier molecular flexibility index (Phi) is 6.19. The zero-order chi connectivity index (χ0) is 15.2. The SMILES string of the molecule is CCSCCCOc1ccc(C(=N)N)cc1C(F)(F)F. The van der Waals surface area contributed by atoms with Gasteiger partial charge in [0.05, 0.1) is 12.2 Å². The minimum Gasteiger partial charge on any atom is -0.493 e. The number of amidine groups is 1. The number of hydrogen-bond acceptors (Lipinski definition) is 3. The van der Waals surface area contributed by atoms with Gasteiger partial charge in [0.15, 0.2) is 0 Å². The van der Waals surface area contributed by atoms with Crippen molar-refractivity contribution in [1.82, 2.24) is 0 Å². The number of benzene rings is 1. The lowest BCUT2D eigenvalue weighted by Crippen LogP contribution is -2.15. The summed E-state index contributed by atoms with van der Waals surface area (Å²) in [5.74, 6) is 1.20. The van der Waals surface area contributed by atoms with Crippen molar-refractivity contribution in [3.05, 3.63) is 29.3 Å². The van der Waals surface area contributed by atoms with E-state index in [1.807, 2.05) is 6.92 Å². The molecule has 0 atom stereocenters. The lowest BCUT2D eigenvalue weighted by molar-refractivity contribution is -0.138. The molecule has 0 aliphatic carbocycles. The summed E-state index contributed by atoms with van der Waals surface area (Å²) in [7, 11) is 0. The van der Waals surface area contributed by atoms with Crippen molar-refractivity contribution < 1.29 is 17.9 Å². The summed E-state index contributed by atoms with van der Waals surface area (Å²) >= 11 is 1.71. The molecule has 0 spiro atoms. The molecule has 0 bridgehead atoms. The summed E-state index contributed by atoms with van der Waals surface area (Å²) < 4.78 is 44.0. The fourth-order valence-corrected chi connectivity index (χ4v) is 2.14. The summed E-state index contributed by atoms with van der Waals surface area (Å²) in [6, 6.07) is 3.42. The number of nitrogen functional groups attached to an aromatic ring is 1. The number of rotatable bonds is 7. The predicted molar refractivity (Wildman–Crippen MR) is 75.6 cm³/mol. The first kappa shape index (κ1) is 16.7. The monoisotopic (exact) mass is 306 g/mol. The van der Waals surface area contributed by atoms with Crippen molar-refractivity contribution in [2.45, 2.75) is 19.5 Å². The van der Waals surface area contributed by atoms with Crippen LogP contribution < -0.4 is 10.5 Å². The molecule has 112 valence electrons. The normalized spacial score (nSPS) is 11.4. The summed E-state index contributed by atoms with van der Waals surface area (Å²) in [5, 5.41) is 7.19. The van der Waals surface area contributed by atoms with Gasteiger partial charge in [-0.25, -0.2) is 0 Å². The Labute approximate surface area is 120 Å². The highest BCUT2D eigenvalue weighted by Crippen LogP contribution is 2.36. The van der Waals surface area contributed by atoms with Gasteiger partial charge in [-0.15, -0.1) is 0 Å². The molecule has 3 nitrogen and oxygen atoms in total. The van der Waals surface area contributed by atoms with Crippen molar-refractivity contribution in [2.24, 2.45) is 5.73 Å². The number of hydrogen-bond donors (Lipinski definition) is 2. The largest absolute Gasteiger partial charge is 0.493 e. The van der Waals surface area contributed by atoms with Crippen LogP contribution in [0.2, 0.25) is 0 Å². The quantitative estimate of drug-likeness (QED) is 0.460. The second kappa shape index (κ2) is 7.42. The average Bonchev–Trinajstić information content (AvgIpc) is 2.37. The maximum absolute atomic E-state index is 12.9. The summed E-state index contributed by atoms with van der Waals surface area (Å²) in [5.41, 5.74) is 4.34. The third-order valence-corrected chi connectivity index (χ3v) is 3.48. The van der Waals surface area contributed by atoms with Gasteiger partial charge in [-0.1, -0.05) is 6.92 Å². The van der Waals surface area contributed by atoms with E-state index in [9.17, 15) is 13.2 Å². The molecule has 0 heterocycles. The first-order valence-electron chi connectivity index (χ1n) is 6.12. The zero-order valence-corrected chi connectivity index (χ0v) is 11.9. The second-order valence-corrected chi connectivity index (χ2v) is 5.42. The molecule has 0 fully saturated rings. The molecule has 0 aliphatic heterocycles. The van der Waals surface area contributed by atoms with E-state index in [2.05, 4.69) is 0 Å². The van der Waals surface area contributed by atoms with Crippen LogP contribution in [0.5, 0.6) is 5.75 Å². The van der Waals surface area contributed by atoms with Gasteiger partial charge in [-0.05, 0) is 36.1 Å². The van der Waals surface area contributed by atoms with Gasteiger partial charge < -0.3 is 10.5 Å². The van der Waals surface area contributed by atoms with E-state index in [-0.39, 0.29) is 17.9 Å². The van der Waals surface area contributed by atoms with Gasteiger partial charge in [-0.3, -0.25) is 5.41 Å². The van der Waals surface area contributed by atoms with Gasteiger partial charge in [0.1, 0.15) is 11.6 Å². The number of nitrogens with two attached hydrogens (primary N) is 1. The van der Waals surface area contributed by atoms with E-state index in [0.717, 1.165) is 17.6 Å². The van der Waals surface area contributed by atoms with E-state index in [1.54, 1.807) is 11.8 Å². The van der Waals surface area contributed by atoms with E-state index < -0.39 is 17.6 Å². The minimum atomic E-state index is -4.53. The van der Waals surface area contributed by atoms with Crippen LogP contribution >= 0.6 is 11.8 Å². The van der Waals surface area contributed by atoms with E-state index in [1.165, 1.54) is 12.1 Å². The Morgan fingerprint density at radius 3 is 2.65 bits per heavy atom. The maximum atomic E-state index is 12.9. The molecule has 0 aliphatic rings. The van der Waals surface area contributed by atoms with Gasteiger partial charge in [0.2, 0.25) is 0 Å². The average molecular weight is 306 g/mol. The van der Waals surface area contributed by atoms with E-state index >= 15 is 0 Å².